The Morgan fingerprint density at radius 2 is 2.41 bits per heavy atom. The van der Waals surface area contributed by atoms with E-state index < -0.39 is 5.95 Å². The van der Waals surface area contributed by atoms with Crippen molar-refractivity contribution in [3.05, 3.63) is 29.8 Å². The largest absolute Gasteiger partial charge is 0.379 e. The second kappa shape index (κ2) is 5.23. The topological polar surface area (TPSA) is 51.2 Å². The Labute approximate surface area is 99.2 Å². The van der Waals surface area contributed by atoms with Gasteiger partial charge in [-0.25, -0.2) is 4.98 Å². The van der Waals surface area contributed by atoms with E-state index in [0.717, 1.165) is 25.3 Å². The van der Waals surface area contributed by atoms with Gasteiger partial charge in [0, 0.05) is 24.9 Å². The van der Waals surface area contributed by atoms with Crippen molar-refractivity contribution in [1.29, 1.82) is 0 Å². The lowest BCUT2D eigenvalue weighted by Crippen LogP contribution is -2.40. The fourth-order valence-electron chi connectivity index (χ4n) is 2.17. The van der Waals surface area contributed by atoms with Crippen molar-refractivity contribution in [1.82, 2.24) is 10.3 Å². The summed E-state index contributed by atoms with van der Waals surface area (Å²) < 4.78 is 18.2. The number of halogens is 1. The molecule has 1 aliphatic rings. The summed E-state index contributed by atoms with van der Waals surface area (Å²) >= 11 is 0. The highest BCUT2D eigenvalue weighted by molar-refractivity contribution is 5.94. The van der Waals surface area contributed by atoms with Gasteiger partial charge in [-0.1, -0.05) is 0 Å². The van der Waals surface area contributed by atoms with E-state index in [1.54, 1.807) is 7.11 Å². The standard InChI is InChI=1S/C12H15FN2O2/c1-17-10-4-2-3-9(10)15-12(16)8-5-6-14-11(13)7-8/h5-7,9-10H,2-4H2,1H3,(H,15,16). The van der Waals surface area contributed by atoms with Crippen LogP contribution in [0.1, 0.15) is 29.6 Å². The SMILES string of the molecule is COC1CCCC1NC(=O)c1ccnc(F)c1. The van der Waals surface area contributed by atoms with Crippen LogP contribution in [-0.2, 0) is 4.74 Å². The van der Waals surface area contributed by atoms with Crippen LogP contribution in [-0.4, -0.2) is 30.1 Å². The Balaban J connectivity index is 2.01. The average molecular weight is 238 g/mol. The van der Waals surface area contributed by atoms with Gasteiger partial charge >= 0.3 is 0 Å². The fourth-order valence-corrected chi connectivity index (χ4v) is 2.17. The van der Waals surface area contributed by atoms with Crippen LogP contribution in [0.15, 0.2) is 18.3 Å². The Kier molecular flexibility index (Phi) is 3.68. The highest BCUT2D eigenvalue weighted by Crippen LogP contribution is 2.21. The van der Waals surface area contributed by atoms with Gasteiger partial charge < -0.3 is 10.1 Å². The molecule has 1 heterocycles. The molecule has 1 aromatic heterocycles. The molecule has 2 unspecified atom stereocenters. The van der Waals surface area contributed by atoms with Crippen LogP contribution in [0.4, 0.5) is 4.39 Å². The van der Waals surface area contributed by atoms with E-state index in [4.69, 9.17) is 4.74 Å². The molecule has 1 aromatic rings. The summed E-state index contributed by atoms with van der Waals surface area (Å²) in [5.74, 6) is -0.924. The number of hydrogen-bond donors (Lipinski definition) is 1. The number of amides is 1. The molecule has 1 amide bonds. The molecule has 0 aromatic carbocycles. The van der Waals surface area contributed by atoms with Gasteiger partial charge in [0.2, 0.25) is 5.95 Å². The Bertz CT molecular complexity index is 411. The highest BCUT2D eigenvalue weighted by atomic mass is 19.1. The predicted molar refractivity (Wildman–Crippen MR) is 60.1 cm³/mol. The molecule has 2 atom stereocenters. The van der Waals surface area contributed by atoms with Gasteiger partial charge in [0.25, 0.3) is 5.91 Å². The summed E-state index contributed by atoms with van der Waals surface area (Å²) in [4.78, 5) is 15.3. The highest BCUT2D eigenvalue weighted by Gasteiger charge is 2.28. The molecule has 0 bridgehead atoms. The lowest BCUT2D eigenvalue weighted by atomic mass is 10.2. The number of carbonyl (C=O) groups is 1. The Morgan fingerprint density at radius 1 is 1.59 bits per heavy atom. The summed E-state index contributed by atoms with van der Waals surface area (Å²) in [6.07, 6.45) is 4.23. The molecule has 1 N–H and O–H groups in total. The number of nitrogens with one attached hydrogen (secondary N) is 1. The molecule has 4 nitrogen and oxygen atoms in total. The Hall–Kier alpha value is -1.49. The van der Waals surface area contributed by atoms with Crippen LogP contribution >= 0.6 is 0 Å². The third-order valence-electron chi connectivity index (χ3n) is 3.06. The quantitative estimate of drug-likeness (QED) is 0.812. The van der Waals surface area contributed by atoms with Crippen LogP contribution < -0.4 is 5.32 Å². The molecule has 1 aliphatic carbocycles. The first kappa shape index (κ1) is 12.0. The van der Waals surface area contributed by atoms with Crippen LogP contribution in [0, 0.1) is 5.95 Å². The number of rotatable bonds is 3. The summed E-state index contributed by atoms with van der Waals surface area (Å²) in [7, 11) is 1.64. The zero-order valence-corrected chi connectivity index (χ0v) is 9.65. The van der Waals surface area contributed by atoms with Crippen molar-refractivity contribution in [2.75, 3.05) is 7.11 Å². The van der Waals surface area contributed by atoms with E-state index in [1.807, 2.05) is 0 Å². The predicted octanol–water partition coefficient (Wildman–Crippen LogP) is 1.52. The van der Waals surface area contributed by atoms with Gasteiger partial charge in [-0.05, 0) is 25.3 Å². The molecule has 17 heavy (non-hydrogen) atoms. The van der Waals surface area contributed by atoms with Crippen LogP contribution in [0.2, 0.25) is 0 Å². The third kappa shape index (κ3) is 2.79. The first-order valence-corrected chi connectivity index (χ1v) is 5.66. The normalized spacial score (nSPS) is 23.6. The molecule has 1 fully saturated rings. The first-order valence-electron chi connectivity index (χ1n) is 5.66. The average Bonchev–Trinajstić information content (AvgIpc) is 2.76. The first-order chi connectivity index (χ1) is 8.20. The summed E-state index contributed by atoms with van der Waals surface area (Å²) in [6.45, 7) is 0. The zero-order chi connectivity index (χ0) is 12.3. The van der Waals surface area contributed by atoms with E-state index in [-0.39, 0.29) is 18.1 Å². The monoisotopic (exact) mass is 238 g/mol. The van der Waals surface area contributed by atoms with Crippen molar-refractivity contribution in [2.24, 2.45) is 0 Å². The maximum absolute atomic E-state index is 12.9. The van der Waals surface area contributed by atoms with Gasteiger partial charge in [-0.15, -0.1) is 0 Å². The molecule has 92 valence electrons. The lowest BCUT2D eigenvalue weighted by molar-refractivity contribution is 0.0722. The molecular weight excluding hydrogens is 223 g/mol. The minimum absolute atomic E-state index is 0.0173. The van der Waals surface area contributed by atoms with Crippen molar-refractivity contribution < 1.29 is 13.9 Å². The zero-order valence-electron chi connectivity index (χ0n) is 9.65. The van der Waals surface area contributed by atoms with Gasteiger partial charge in [-0.2, -0.15) is 4.39 Å². The minimum Gasteiger partial charge on any atom is -0.379 e. The third-order valence-corrected chi connectivity index (χ3v) is 3.06. The second-order valence-corrected chi connectivity index (χ2v) is 4.15. The van der Waals surface area contributed by atoms with E-state index in [9.17, 15) is 9.18 Å². The summed E-state index contributed by atoms with van der Waals surface area (Å²) in [5.41, 5.74) is 0.291. The molecule has 0 radical (unpaired) electrons. The second-order valence-electron chi connectivity index (χ2n) is 4.15. The van der Waals surface area contributed by atoms with Gasteiger partial charge in [-0.3, -0.25) is 4.79 Å². The minimum atomic E-state index is -0.646. The van der Waals surface area contributed by atoms with Gasteiger partial charge in [0.05, 0.1) is 12.1 Å². The van der Waals surface area contributed by atoms with Crippen molar-refractivity contribution in [2.45, 2.75) is 31.4 Å². The smallest absolute Gasteiger partial charge is 0.251 e. The van der Waals surface area contributed by atoms with Crippen LogP contribution in [0.3, 0.4) is 0 Å². The molecule has 2 rings (SSSR count). The van der Waals surface area contributed by atoms with E-state index in [1.165, 1.54) is 12.3 Å². The molecule has 1 saturated carbocycles. The Morgan fingerprint density at radius 3 is 3.12 bits per heavy atom. The number of hydrogen-bond acceptors (Lipinski definition) is 3. The molecule has 0 spiro atoms. The molecule has 5 heteroatoms. The number of aromatic nitrogens is 1. The fraction of sp³-hybridized carbons (Fsp3) is 0.500. The maximum Gasteiger partial charge on any atom is 0.251 e. The number of ether oxygens (including phenoxy) is 1. The van der Waals surface area contributed by atoms with Crippen molar-refractivity contribution >= 4 is 5.91 Å². The number of pyridine rings is 1. The molecule has 0 saturated heterocycles. The summed E-state index contributed by atoms with van der Waals surface area (Å²) in [6, 6.07) is 2.64. The molecule has 0 aliphatic heterocycles. The van der Waals surface area contributed by atoms with E-state index in [2.05, 4.69) is 10.3 Å². The maximum atomic E-state index is 12.9. The van der Waals surface area contributed by atoms with Crippen LogP contribution in [0.5, 0.6) is 0 Å². The van der Waals surface area contributed by atoms with E-state index in [0.29, 0.717) is 5.56 Å². The van der Waals surface area contributed by atoms with Gasteiger partial charge in [0.1, 0.15) is 0 Å². The lowest BCUT2D eigenvalue weighted by Gasteiger charge is -2.19. The number of nitrogens with zero attached hydrogens (tertiary/aromatic N) is 1. The van der Waals surface area contributed by atoms with Gasteiger partial charge in [0.15, 0.2) is 0 Å². The summed E-state index contributed by atoms with van der Waals surface area (Å²) in [5, 5.41) is 2.86. The van der Waals surface area contributed by atoms with Crippen LogP contribution in [0.25, 0.3) is 0 Å². The van der Waals surface area contributed by atoms with E-state index >= 15 is 0 Å². The number of carbonyl (C=O) groups excluding carboxylic acids is 1. The van der Waals surface area contributed by atoms with Crippen molar-refractivity contribution in [3.63, 3.8) is 0 Å². The van der Waals surface area contributed by atoms with Crippen molar-refractivity contribution in [3.8, 4) is 0 Å². The molecular formula is C12H15FN2O2. The number of methoxy groups -OCH3 is 1.